The van der Waals surface area contributed by atoms with Crippen LogP contribution in [0.4, 0.5) is 0 Å². The van der Waals surface area contributed by atoms with E-state index in [0.717, 1.165) is 0 Å². The van der Waals surface area contributed by atoms with Crippen molar-refractivity contribution in [1.29, 1.82) is 0 Å². The van der Waals surface area contributed by atoms with Crippen molar-refractivity contribution in [2.24, 2.45) is 4.99 Å². The number of allylic oxidation sites excluding steroid dienone is 1. The average molecular weight is 390 g/mol. The van der Waals surface area contributed by atoms with Crippen LogP contribution in [0, 0.1) is 0 Å². The smallest absolute Gasteiger partial charge is 0.338 e. The first-order chi connectivity index (χ1) is 13.0. The lowest BCUT2D eigenvalue weighted by Gasteiger charge is -2.33. The zero-order chi connectivity index (χ0) is 19.6. The third-order valence-electron chi connectivity index (χ3n) is 4.29. The Morgan fingerprint density at radius 2 is 2.11 bits per heavy atom. The second-order valence-corrected chi connectivity index (χ2v) is 6.82. The number of rotatable bonds is 6. The summed E-state index contributed by atoms with van der Waals surface area (Å²) in [6, 6.07) is 4.77. The average Bonchev–Trinajstić information content (AvgIpc) is 3.01. The highest BCUT2D eigenvalue weighted by molar-refractivity contribution is 8.15. The highest BCUT2D eigenvalue weighted by Crippen LogP contribution is 2.46. The highest BCUT2D eigenvalue weighted by Gasteiger charge is 2.44. The van der Waals surface area contributed by atoms with Gasteiger partial charge < -0.3 is 14.2 Å². The summed E-state index contributed by atoms with van der Waals surface area (Å²) in [4.78, 5) is 31.4. The molecule has 8 heteroatoms. The Morgan fingerprint density at radius 1 is 1.33 bits per heavy atom. The molecule has 7 nitrogen and oxygen atoms in total. The first-order valence-corrected chi connectivity index (χ1v) is 9.73. The number of para-hydroxylation sites is 1. The van der Waals surface area contributed by atoms with Gasteiger partial charge in [0.1, 0.15) is 6.04 Å². The van der Waals surface area contributed by atoms with Crippen molar-refractivity contribution < 1.29 is 23.8 Å². The van der Waals surface area contributed by atoms with E-state index in [1.54, 1.807) is 31.9 Å². The predicted octanol–water partition coefficient (Wildman–Crippen LogP) is 2.92. The van der Waals surface area contributed by atoms with Gasteiger partial charge in [0.25, 0.3) is 0 Å². The Bertz CT molecular complexity index is 833. The van der Waals surface area contributed by atoms with Crippen LogP contribution in [0.3, 0.4) is 0 Å². The molecular weight excluding hydrogens is 368 g/mol. The Morgan fingerprint density at radius 3 is 2.78 bits per heavy atom. The van der Waals surface area contributed by atoms with Crippen molar-refractivity contribution in [3.05, 3.63) is 35.0 Å². The largest absolute Gasteiger partial charge is 0.493 e. The molecule has 1 amide bonds. The van der Waals surface area contributed by atoms with Gasteiger partial charge in [-0.25, -0.2) is 9.79 Å². The van der Waals surface area contributed by atoms with E-state index < -0.39 is 12.0 Å². The van der Waals surface area contributed by atoms with Gasteiger partial charge in [-0.3, -0.25) is 9.69 Å². The van der Waals surface area contributed by atoms with Crippen LogP contribution < -0.4 is 9.47 Å². The lowest BCUT2D eigenvalue weighted by molar-refractivity contribution is -0.139. The number of amides is 1. The first kappa shape index (κ1) is 19.3. The second kappa shape index (κ2) is 8.04. The van der Waals surface area contributed by atoms with Crippen LogP contribution in [0.1, 0.15) is 32.4 Å². The summed E-state index contributed by atoms with van der Waals surface area (Å²) in [6.45, 7) is 6.02. The van der Waals surface area contributed by atoms with Crippen molar-refractivity contribution in [3.8, 4) is 11.5 Å². The molecule has 2 heterocycles. The van der Waals surface area contributed by atoms with E-state index in [-0.39, 0.29) is 18.3 Å². The number of thioether (sulfide) groups is 1. The minimum absolute atomic E-state index is 0.108. The molecule has 1 atom stereocenters. The van der Waals surface area contributed by atoms with Gasteiger partial charge in [0, 0.05) is 5.56 Å². The zero-order valence-corrected chi connectivity index (χ0v) is 16.6. The molecule has 27 heavy (non-hydrogen) atoms. The normalized spacial score (nSPS) is 19.0. The van der Waals surface area contributed by atoms with Crippen LogP contribution in [-0.2, 0) is 14.3 Å². The monoisotopic (exact) mass is 390 g/mol. The Labute approximate surface area is 162 Å². The molecule has 0 unspecified atom stereocenters. The Hall–Kier alpha value is -2.48. The Kier molecular flexibility index (Phi) is 5.74. The number of benzene rings is 1. The molecule has 0 N–H and O–H groups in total. The van der Waals surface area contributed by atoms with Crippen LogP contribution in [0.25, 0.3) is 0 Å². The number of amidine groups is 1. The minimum atomic E-state index is -0.671. The number of esters is 1. The molecule has 0 aliphatic carbocycles. The van der Waals surface area contributed by atoms with E-state index in [1.807, 2.05) is 19.1 Å². The molecule has 1 aromatic rings. The number of methoxy groups -OCH3 is 1. The maximum absolute atomic E-state index is 12.7. The maximum Gasteiger partial charge on any atom is 0.338 e. The molecule has 2 aliphatic heterocycles. The van der Waals surface area contributed by atoms with Crippen molar-refractivity contribution in [2.75, 3.05) is 26.1 Å². The van der Waals surface area contributed by atoms with Gasteiger partial charge in [-0.2, -0.15) is 0 Å². The molecule has 0 spiro atoms. The number of nitrogens with zero attached hydrogens (tertiary/aromatic N) is 2. The summed E-state index contributed by atoms with van der Waals surface area (Å²) >= 11 is 1.36. The molecule has 0 saturated carbocycles. The van der Waals surface area contributed by atoms with Gasteiger partial charge in [-0.05, 0) is 26.8 Å². The summed E-state index contributed by atoms with van der Waals surface area (Å²) in [5, 5.41) is 0.584. The molecule has 144 valence electrons. The molecule has 0 bridgehead atoms. The number of ether oxygens (including phenoxy) is 3. The molecule has 3 rings (SSSR count). The third kappa shape index (κ3) is 3.41. The van der Waals surface area contributed by atoms with Gasteiger partial charge in [0.05, 0.1) is 37.3 Å². The van der Waals surface area contributed by atoms with Gasteiger partial charge in [-0.15, -0.1) is 0 Å². The summed E-state index contributed by atoms with van der Waals surface area (Å²) in [7, 11) is 1.56. The topological polar surface area (TPSA) is 77.4 Å². The van der Waals surface area contributed by atoms with E-state index in [2.05, 4.69) is 4.99 Å². The fraction of sp³-hybridized carbons (Fsp3) is 0.421. The number of fused-ring (bicyclic) bond motifs is 1. The van der Waals surface area contributed by atoms with Crippen LogP contribution >= 0.6 is 11.8 Å². The lowest BCUT2D eigenvalue weighted by Crippen LogP contribution is -2.39. The van der Waals surface area contributed by atoms with Gasteiger partial charge in [0.15, 0.2) is 16.7 Å². The first-order valence-electron chi connectivity index (χ1n) is 8.74. The second-order valence-electron chi connectivity index (χ2n) is 5.88. The fourth-order valence-electron chi connectivity index (χ4n) is 3.21. The maximum atomic E-state index is 12.7. The summed E-state index contributed by atoms with van der Waals surface area (Å²) in [5.41, 5.74) is 1.55. The molecule has 1 fully saturated rings. The van der Waals surface area contributed by atoms with Crippen LogP contribution in [0.5, 0.6) is 11.5 Å². The standard InChI is InChI=1S/C19H22N2O5S/c1-5-25-17-12(8-7-9-13(17)24-4)16-15(18(23)26-6-2)11(3)20-19-21(16)14(22)10-27-19/h7-9,16H,5-6,10H2,1-4H3/t16-/m0/s1. The fourth-order valence-corrected chi connectivity index (χ4v) is 4.15. The summed E-state index contributed by atoms with van der Waals surface area (Å²) in [6.07, 6.45) is 0. The van der Waals surface area contributed by atoms with Crippen molar-refractivity contribution in [1.82, 2.24) is 4.90 Å². The zero-order valence-electron chi connectivity index (χ0n) is 15.8. The number of carbonyl (C=O) groups excluding carboxylic acids is 2. The summed E-state index contributed by atoms with van der Waals surface area (Å²) in [5.74, 6) is 0.736. The number of hydrogen-bond acceptors (Lipinski definition) is 7. The van der Waals surface area contributed by atoms with Crippen LogP contribution in [0.15, 0.2) is 34.5 Å². The van der Waals surface area contributed by atoms with E-state index in [9.17, 15) is 9.59 Å². The van der Waals surface area contributed by atoms with Gasteiger partial charge in [0.2, 0.25) is 5.91 Å². The van der Waals surface area contributed by atoms with E-state index in [1.165, 1.54) is 11.8 Å². The minimum Gasteiger partial charge on any atom is -0.493 e. The predicted molar refractivity (Wildman–Crippen MR) is 103 cm³/mol. The molecule has 0 aromatic heterocycles. The number of hydrogen-bond donors (Lipinski definition) is 0. The number of aliphatic imine (C=N–C) groups is 1. The van der Waals surface area contributed by atoms with Gasteiger partial charge >= 0.3 is 5.97 Å². The molecule has 0 radical (unpaired) electrons. The molecule has 1 saturated heterocycles. The lowest BCUT2D eigenvalue weighted by atomic mass is 9.93. The van der Waals surface area contributed by atoms with Gasteiger partial charge in [-0.1, -0.05) is 23.9 Å². The molecule has 2 aliphatic rings. The van der Waals surface area contributed by atoms with Crippen LogP contribution in [0.2, 0.25) is 0 Å². The van der Waals surface area contributed by atoms with E-state index in [0.29, 0.717) is 40.1 Å². The molecule has 1 aromatic carbocycles. The Balaban J connectivity index is 2.22. The molecular formula is C19H22N2O5S. The van der Waals surface area contributed by atoms with Crippen molar-refractivity contribution >= 4 is 28.8 Å². The quantitative estimate of drug-likeness (QED) is 0.695. The number of carbonyl (C=O) groups is 2. The van der Waals surface area contributed by atoms with Crippen molar-refractivity contribution in [2.45, 2.75) is 26.8 Å². The SMILES string of the molecule is CCOC(=O)C1=C(C)N=C2SCC(=O)N2[C@H]1c1cccc(OC)c1OCC. The van der Waals surface area contributed by atoms with Crippen molar-refractivity contribution in [3.63, 3.8) is 0 Å². The third-order valence-corrected chi connectivity index (χ3v) is 5.23. The highest BCUT2D eigenvalue weighted by atomic mass is 32.2. The van der Waals surface area contributed by atoms with E-state index >= 15 is 0 Å². The van der Waals surface area contributed by atoms with Crippen LogP contribution in [-0.4, -0.2) is 48.0 Å². The summed E-state index contributed by atoms with van der Waals surface area (Å²) < 4.78 is 16.5. The van der Waals surface area contributed by atoms with E-state index in [4.69, 9.17) is 14.2 Å².